The van der Waals surface area contributed by atoms with Crippen LogP contribution in [0.2, 0.25) is 5.02 Å². The number of aliphatic hydroxyl groups is 1. The Hall–Kier alpha value is -1.37. The van der Waals surface area contributed by atoms with E-state index in [1.165, 1.54) is 18.2 Å². The van der Waals surface area contributed by atoms with Crippen LogP contribution < -0.4 is 5.32 Å². The van der Waals surface area contributed by atoms with E-state index < -0.39 is 10.5 Å². The number of rotatable bonds is 7. The maximum absolute atomic E-state index is 10.9. The van der Waals surface area contributed by atoms with Gasteiger partial charge in [-0.1, -0.05) is 11.6 Å². The molecule has 7 heteroatoms. The van der Waals surface area contributed by atoms with E-state index >= 15 is 0 Å². The van der Waals surface area contributed by atoms with E-state index in [4.69, 9.17) is 16.3 Å². The molecule has 0 aliphatic carbocycles. The first-order chi connectivity index (χ1) is 8.85. The van der Waals surface area contributed by atoms with Gasteiger partial charge in [0.25, 0.3) is 5.69 Å². The van der Waals surface area contributed by atoms with Crippen molar-refractivity contribution >= 4 is 23.0 Å². The molecule has 1 aromatic carbocycles. The van der Waals surface area contributed by atoms with Crippen LogP contribution in [0.4, 0.5) is 11.4 Å². The molecule has 1 aromatic rings. The lowest BCUT2D eigenvalue weighted by Gasteiger charge is -2.23. The average Bonchev–Trinajstić information content (AvgIpc) is 2.34. The van der Waals surface area contributed by atoms with Gasteiger partial charge in [0.1, 0.15) is 5.69 Å². The van der Waals surface area contributed by atoms with Crippen LogP contribution in [-0.2, 0) is 4.74 Å². The first kappa shape index (κ1) is 15.7. The van der Waals surface area contributed by atoms with Gasteiger partial charge in [0.15, 0.2) is 0 Å². The molecule has 6 nitrogen and oxygen atoms in total. The number of hydrogen-bond acceptors (Lipinski definition) is 5. The van der Waals surface area contributed by atoms with Crippen LogP contribution in [-0.4, -0.2) is 35.9 Å². The number of nitrogens with zero attached hydrogens (tertiary/aromatic N) is 1. The van der Waals surface area contributed by atoms with E-state index in [1.807, 2.05) is 0 Å². The Kier molecular flexibility index (Phi) is 5.53. The number of methoxy groups -OCH3 is 1. The summed E-state index contributed by atoms with van der Waals surface area (Å²) in [5, 5.41) is 24.2. The number of halogens is 1. The molecule has 1 atom stereocenters. The van der Waals surface area contributed by atoms with Crippen molar-refractivity contribution in [2.45, 2.75) is 18.9 Å². The molecule has 0 aromatic heterocycles. The fourth-order valence-electron chi connectivity index (χ4n) is 1.51. The third kappa shape index (κ3) is 5.02. The van der Waals surface area contributed by atoms with Gasteiger partial charge in [-0.3, -0.25) is 10.1 Å². The summed E-state index contributed by atoms with van der Waals surface area (Å²) < 4.78 is 4.89. The molecule has 2 N–H and O–H groups in total. The van der Waals surface area contributed by atoms with Gasteiger partial charge in [-0.2, -0.15) is 0 Å². The van der Waals surface area contributed by atoms with Crippen molar-refractivity contribution < 1.29 is 14.8 Å². The van der Waals surface area contributed by atoms with Crippen molar-refractivity contribution in [2.24, 2.45) is 0 Å². The molecule has 1 rings (SSSR count). The molecular weight excluding hydrogens is 272 g/mol. The fourth-order valence-corrected chi connectivity index (χ4v) is 1.68. The van der Waals surface area contributed by atoms with Crippen molar-refractivity contribution in [3.05, 3.63) is 33.3 Å². The van der Waals surface area contributed by atoms with Gasteiger partial charge in [-0.25, -0.2) is 0 Å². The third-order valence-electron chi connectivity index (χ3n) is 2.66. The lowest BCUT2D eigenvalue weighted by Crippen LogP contribution is -2.34. The van der Waals surface area contributed by atoms with Crippen LogP contribution in [0.5, 0.6) is 0 Å². The maximum Gasteiger partial charge on any atom is 0.292 e. The topological polar surface area (TPSA) is 84.6 Å². The highest BCUT2D eigenvalue weighted by atomic mass is 35.5. The number of nitro benzene ring substituents is 1. The molecule has 19 heavy (non-hydrogen) atoms. The summed E-state index contributed by atoms with van der Waals surface area (Å²) in [6.07, 6.45) is 0.421. The van der Waals surface area contributed by atoms with Gasteiger partial charge >= 0.3 is 0 Å². The number of nitro groups is 1. The highest BCUT2D eigenvalue weighted by Gasteiger charge is 2.22. The fraction of sp³-hybridized carbons (Fsp3) is 0.500. The second-order valence-electron chi connectivity index (χ2n) is 4.51. The van der Waals surface area contributed by atoms with Gasteiger partial charge in [-0.15, -0.1) is 0 Å². The molecule has 0 spiro atoms. The van der Waals surface area contributed by atoms with Crippen LogP contribution in [0, 0.1) is 10.1 Å². The van der Waals surface area contributed by atoms with Crippen molar-refractivity contribution in [3.63, 3.8) is 0 Å². The largest absolute Gasteiger partial charge is 0.388 e. The van der Waals surface area contributed by atoms with Gasteiger partial charge in [0, 0.05) is 37.8 Å². The zero-order chi connectivity index (χ0) is 14.5. The molecule has 1 unspecified atom stereocenters. The van der Waals surface area contributed by atoms with E-state index in [9.17, 15) is 15.2 Å². The van der Waals surface area contributed by atoms with Crippen LogP contribution >= 0.6 is 11.6 Å². The zero-order valence-electron chi connectivity index (χ0n) is 10.9. The minimum atomic E-state index is -1.02. The quantitative estimate of drug-likeness (QED) is 0.594. The van der Waals surface area contributed by atoms with Crippen molar-refractivity contribution in [1.29, 1.82) is 0 Å². The second-order valence-corrected chi connectivity index (χ2v) is 4.95. The SMILES string of the molecule is COCCC(C)(O)CNc1cc(Cl)ccc1[N+](=O)[O-]. The van der Waals surface area contributed by atoms with E-state index in [0.717, 1.165) is 0 Å². The highest BCUT2D eigenvalue weighted by molar-refractivity contribution is 6.31. The molecule has 0 heterocycles. The third-order valence-corrected chi connectivity index (χ3v) is 2.89. The minimum Gasteiger partial charge on any atom is -0.388 e. The number of ether oxygens (including phenoxy) is 1. The van der Waals surface area contributed by atoms with Crippen molar-refractivity contribution in [3.8, 4) is 0 Å². The molecule has 0 saturated heterocycles. The predicted molar refractivity (Wildman–Crippen MR) is 73.7 cm³/mol. The Bertz CT molecular complexity index is 451. The second kappa shape index (κ2) is 6.70. The van der Waals surface area contributed by atoms with Gasteiger partial charge in [-0.05, 0) is 19.1 Å². The summed E-state index contributed by atoms with van der Waals surface area (Å²) in [5.41, 5.74) is -0.811. The lowest BCUT2D eigenvalue weighted by atomic mass is 10.0. The van der Waals surface area contributed by atoms with E-state index in [-0.39, 0.29) is 17.9 Å². The lowest BCUT2D eigenvalue weighted by molar-refractivity contribution is -0.384. The monoisotopic (exact) mass is 288 g/mol. The summed E-state index contributed by atoms with van der Waals surface area (Å²) in [6.45, 7) is 2.21. The Morgan fingerprint density at radius 3 is 2.84 bits per heavy atom. The normalized spacial score (nSPS) is 13.9. The molecule has 0 bridgehead atoms. The van der Waals surface area contributed by atoms with Gasteiger partial charge in [0.2, 0.25) is 0 Å². The van der Waals surface area contributed by atoms with E-state index in [1.54, 1.807) is 14.0 Å². The van der Waals surface area contributed by atoms with E-state index in [0.29, 0.717) is 18.1 Å². The van der Waals surface area contributed by atoms with Crippen LogP contribution in [0.15, 0.2) is 18.2 Å². The molecule has 0 aliphatic heterocycles. The minimum absolute atomic E-state index is 0.0769. The Balaban J connectivity index is 2.76. The molecule has 0 fully saturated rings. The number of hydrogen-bond donors (Lipinski definition) is 2. The maximum atomic E-state index is 10.9. The zero-order valence-corrected chi connectivity index (χ0v) is 11.6. The summed E-state index contributed by atoms with van der Waals surface area (Å²) in [6, 6.07) is 4.24. The smallest absolute Gasteiger partial charge is 0.292 e. The number of anilines is 1. The Morgan fingerprint density at radius 1 is 1.58 bits per heavy atom. The highest BCUT2D eigenvalue weighted by Crippen LogP contribution is 2.28. The van der Waals surface area contributed by atoms with Crippen LogP contribution in [0.1, 0.15) is 13.3 Å². The van der Waals surface area contributed by atoms with Gasteiger partial charge in [0.05, 0.1) is 10.5 Å². The summed E-state index contributed by atoms with van der Waals surface area (Å²) in [7, 11) is 1.55. The van der Waals surface area contributed by atoms with E-state index in [2.05, 4.69) is 5.32 Å². The van der Waals surface area contributed by atoms with Crippen LogP contribution in [0.3, 0.4) is 0 Å². The van der Waals surface area contributed by atoms with Gasteiger partial charge < -0.3 is 15.2 Å². The first-order valence-corrected chi connectivity index (χ1v) is 6.12. The molecule has 0 amide bonds. The Morgan fingerprint density at radius 2 is 2.26 bits per heavy atom. The Labute approximate surface area is 116 Å². The number of benzene rings is 1. The summed E-state index contributed by atoms with van der Waals surface area (Å²) >= 11 is 5.81. The molecule has 106 valence electrons. The average molecular weight is 289 g/mol. The molecule has 0 radical (unpaired) electrons. The number of nitrogens with one attached hydrogen (secondary N) is 1. The molecular formula is C12H17ClN2O4. The predicted octanol–water partition coefficient (Wildman–Crippen LogP) is 2.45. The molecule has 0 saturated carbocycles. The summed E-state index contributed by atoms with van der Waals surface area (Å²) in [5.74, 6) is 0. The summed E-state index contributed by atoms with van der Waals surface area (Å²) in [4.78, 5) is 10.4. The molecule has 0 aliphatic rings. The van der Waals surface area contributed by atoms with Crippen LogP contribution in [0.25, 0.3) is 0 Å². The first-order valence-electron chi connectivity index (χ1n) is 5.75. The van der Waals surface area contributed by atoms with Crippen molar-refractivity contribution in [2.75, 3.05) is 25.6 Å². The van der Waals surface area contributed by atoms with Crippen molar-refractivity contribution in [1.82, 2.24) is 0 Å². The standard InChI is InChI=1S/C12H17ClN2O4/c1-12(16,5-6-19-2)8-14-10-7-9(13)3-4-11(10)15(17)18/h3-4,7,14,16H,5-6,8H2,1-2H3.